The Labute approximate surface area is 194 Å². The number of hydrogen-bond donors (Lipinski definition) is 3. The third kappa shape index (κ3) is 4.88. The molecule has 0 spiro atoms. The monoisotopic (exact) mass is 482 g/mol. The summed E-state index contributed by atoms with van der Waals surface area (Å²) in [6.45, 7) is 13.4. The van der Waals surface area contributed by atoms with Crippen molar-refractivity contribution in [2.24, 2.45) is 5.92 Å². The second-order valence-corrected chi connectivity index (χ2v) is 14.9. The molecule has 3 rings (SSSR count). The molecule has 33 heavy (non-hydrogen) atoms. The van der Waals surface area contributed by atoms with E-state index in [-0.39, 0.29) is 29.4 Å². The van der Waals surface area contributed by atoms with Crippen LogP contribution in [0.5, 0.6) is 0 Å². The number of alkyl halides is 1. The van der Waals surface area contributed by atoms with Crippen LogP contribution in [0.25, 0.3) is 11.2 Å². The molecule has 0 radical (unpaired) electrons. The number of halogens is 1. The highest BCUT2D eigenvalue weighted by molar-refractivity contribution is 6.74. The van der Waals surface area contributed by atoms with Gasteiger partial charge in [-0.25, -0.2) is 9.37 Å². The van der Waals surface area contributed by atoms with Crippen molar-refractivity contribution in [2.45, 2.75) is 77.4 Å². The van der Waals surface area contributed by atoms with Crippen molar-refractivity contribution in [1.82, 2.24) is 19.5 Å². The number of carbonyl (C=O) groups is 1. The Morgan fingerprint density at radius 1 is 1.36 bits per heavy atom. The summed E-state index contributed by atoms with van der Waals surface area (Å²) in [5.74, 6) is -0.0437. The van der Waals surface area contributed by atoms with Crippen LogP contribution in [0.4, 0.5) is 16.2 Å². The zero-order valence-corrected chi connectivity index (χ0v) is 21.5. The maximum Gasteiger partial charge on any atom is 0.233 e. The van der Waals surface area contributed by atoms with Gasteiger partial charge in [-0.2, -0.15) is 9.97 Å². The van der Waals surface area contributed by atoms with E-state index < -0.39 is 32.9 Å². The van der Waals surface area contributed by atoms with E-state index in [1.54, 1.807) is 20.9 Å². The highest BCUT2D eigenvalue weighted by Crippen LogP contribution is 2.42. The van der Waals surface area contributed by atoms with Crippen LogP contribution in [0, 0.1) is 5.92 Å². The van der Waals surface area contributed by atoms with Gasteiger partial charge in [0.25, 0.3) is 0 Å². The Morgan fingerprint density at radius 3 is 2.58 bits per heavy atom. The molecule has 1 saturated heterocycles. The molecule has 0 aromatic carbocycles. The van der Waals surface area contributed by atoms with Crippen LogP contribution < -0.4 is 10.6 Å². The van der Waals surface area contributed by atoms with Gasteiger partial charge in [-0.3, -0.25) is 14.7 Å². The number of imidazole rings is 1. The van der Waals surface area contributed by atoms with E-state index in [2.05, 4.69) is 46.4 Å². The summed E-state index contributed by atoms with van der Waals surface area (Å²) in [7, 11) is -0.660. The number of nitrogens with one attached hydrogen (secondary N) is 2. The van der Waals surface area contributed by atoms with E-state index in [0.29, 0.717) is 17.0 Å². The summed E-state index contributed by atoms with van der Waals surface area (Å²) >= 11 is 0. The number of rotatable bonds is 7. The molecule has 3 heterocycles. The number of aromatic nitrogens is 4. The fraction of sp³-hybridized carbons (Fsp3) is 0.714. The van der Waals surface area contributed by atoms with Gasteiger partial charge >= 0.3 is 0 Å². The molecule has 4 atom stereocenters. The number of hydrogen-bond acceptors (Lipinski definition) is 8. The average molecular weight is 483 g/mol. The minimum atomic E-state index is -2.33. The highest BCUT2D eigenvalue weighted by atomic mass is 28.4. The first-order valence-corrected chi connectivity index (χ1v) is 14.0. The van der Waals surface area contributed by atoms with Crippen molar-refractivity contribution in [1.29, 1.82) is 0 Å². The Balaban J connectivity index is 1.99. The summed E-state index contributed by atoms with van der Waals surface area (Å²) in [4.78, 5) is 25.2. The number of fused-ring (bicyclic) bond motifs is 1. The normalized spacial score (nSPS) is 24.0. The third-order valence-corrected chi connectivity index (χ3v) is 10.8. The lowest BCUT2D eigenvalue weighted by Crippen LogP contribution is -2.49. The molecule has 0 bridgehead atoms. The molecule has 12 heteroatoms. The lowest BCUT2D eigenvalue weighted by Gasteiger charge is -2.39. The lowest BCUT2D eigenvalue weighted by molar-refractivity contribution is -0.118. The summed E-state index contributed by atoms with van der Waals surface area (Å²) < 4.78 is 29.5. The molecule has 0 saturated carbocycles. The van der Waals surface area contributed by atoms with E-state index in [1.807, 2.05) is 13.1 Å². The topological polar surface area (TPSA) is 123 Å². The molecule has 3 N–H and O–H groups in total. The molecular weight excluding hydrogens is 447 g/mol. The van der Waals surface area contributed by atoms with E-state index in [9.17, 15) is 9.90 Å². The number of ether oxygens (including phenoxy) is 1. The third-order valence-electron chi connectivity index (χ3n) is 6.38. The van der Waals surface area contributed by atoms with Crippen molar-refractivity contribution in [3.05, 3.63) is 6.33 Å². The van der Waals surface area contributed by atoms with Gasteiger partial charge in [0.05, 0.1) is 12.9 Å². The van der Waals surface area contributed by atoms with Crippen molar-refractivity contribution >= 4 is 37.2 Å². The SMILES string of the molecule is CNc1nc(NC(=O)C(C)C)nc2c1ncn2[C@@H]1O[C@H](CO)C(O[Si](C)(C)C(C)(C)C)[C@H]1F. The predicted octanol–water partition coefficient (Wildman–Crippen LogP) is 3.08. The van der Waals surface area contributed by atoms with Crippen LogP contribution in [-0.4, -0.2) is 70.9 Å². The molecule has 1 unspecified atom stereocenters. The Morgan fingerprint density at radius 2 is 2.03 bits per heavy atom. The molecular formula is C21H35FN6O4Si. The standard InChI is InChI=1S/C21H35FN6O4Si/c1-11(2)18(30)27-20-25-16(23-6)14-17(26-20)28(10-24-14)19-13(22)15(12(9-29)31-19)32-33(7,8)21(3,4)5/h10-13,15,19,29H,9H2,1-8H3,(H2,23,25,26,27,30)/t12-,13-,15?,19-/m1/s1. The summed E-state index contributed by atoms with van der Waals surface area (Å²) in [6, 6.07) is 0. The molecule has 1 aliphatic rings. The zero-order chi connectivity index (χ0) is 24.7. The number of aliphatic hydroxyl groups excluding tert-OH is 1. The van der Waals surface area contributed by atoms with E-state index in [1.165, 1.54) is 10.9 Å². The van der Waals surface area contributed by atoms with Gasteiger partial charge in [0.2, 0.25) is 11.9 Å². The summed E-state index contributed by atoms with van der Waals surface area (Å²) in [6.07, 6.45) is -2.99. The van der Waals surface area contributed by atoms with Crippen molar-refractivity contribution in [3.8, 4) is 0 Å². The average Bonchev–Trinajstić information content (AvgIpc) is 3.27. The molecule has 1 fully saturated rings. The van der Waals surface area contributed by atoms with Gasteiger partial charge in [-0.15, -0.1) is 0 Å². The lowest BCUT2D eigenvalue weighted by atomic mass is 10.1. The van der Waals surface area contributed by atoms with Gasteiger partial charge < -0.3 is 19.6 Å². The molecule has 10 nitrogen and oxygen atoms in total. The van der Waals surface area contributed by atoms with Gasteiger partial charge in [0, 0.05) is 13.0 Å². The van der Waals surface area contributed by atoms with Crippen molar-refractivity contribution in [3.63, 3.8) is 0 Å². The van der Waals surface area contributed by atoms with Crippen LogP contribution >= 0.6 is 0 Å². The first kappa shape index (κ1) is 25.5. The number of anilines is 2. The Bertz CT molecular complexity index is 1010. The second kappa shape index (κ2) is 9.24. The predicted molar refractivity (Wildman–Crippen MR) is 126 cm³/mol. The molecule has 1 amide bonds. The number of carbonyl (C=O) groups excluding carboxylic acids is 1. The highest BCUT2D eigenvalue weighted by Gasteiger charge is 2.51. The van der Waals surface area contributed by atoms with Gasteiger partial charge in [0.15, 0.2) is 37.7 Å². The van der Waals surface area contributed by atoms with Crippen LogP contribution in [0.1, 0.15) is 40.8 Å². The fourth-order valence-corrected chi connectivity index (χ4v) is 4.63. The van der Waals surface area contributed by atoms with E-state index in [4.69, 9.17) is 9.16 Å². The Hall–Kier alpha value is -2.15. The zero-order valence-electron chi connectivity index (χ0n) is 20.5. The number of aliphatic hydroxyl groups is 1. The maximum atomic E-state index is 15.8. The fourth-order valence-electron chi connectivity index (χ4n) is 3.31. The Kier molecular flexibility index (Phi) is 7.13. The van der Waals surface area contributed by atoms with Crippen LogP contribution in [0.3, 0.4) is 0 Å². The van der Waals surface area contributed by atoms with E-state index in [0.717, 1.165) is 0 Å². The summed E-state index contributed by atoms with van der Waals surface area (Å²) in [5, 5.41) is 15.4. The number of nitrogens with zero attached hydrogens (tertiary/aromatic N) is 4. The van der Waals surface area contributed by atoms with Gasteiger partial charge in [0.1, 0.15) is 12.2 Å². The maximum absolute atomic E-state index is 15.8. The minimum absolute atomic E-state index is 0.0773. The largest absolute Gasteiger partial charge is 0.408 e. The van der Waals surface area contributed by atoms with Crippen LogP contribution in [0.15, 0.2) is 6.33 Å². The van der Waals surface area contributed by atoms with Crippen molar-refractivity contribution < 1.29 is 23.5 Å². The van der Waals surface area contributed by atoms with Crippen molar-refractivity contribution in [2.75, 3.05) is 24.3 Å². The van der Waals surface area contributed by atoms with Crippen LogP contribution in [0.2, 0.25) is 18.1 Å². The first-order chi connectivity index (χ1) is 15.3. The molecule has 2 aromatic heterocycles. The molecule has 2 aromatic rings. The van der Waals surface area contributed by atoms with Gasteiger partial charge in [-0.05, 0) is 18.1 Å². The first-order valence-electron chi connectivity index (χ1n) is 11.1. The van der Waals surface area contributed by atoms with Crippen LogP contribution in [-0.2, 0) is 14.0 Å². The minimum Gasteiger partial charge on any atom is -0.408 e. The second-order valence-electron chi connectivity index (χ2n) is 10.1. The number of amides is 1. The smallest absolute Gasteiger partial charge is 0.233 e. The summed E-state index contributed by atoms with van der Waals surface area (Å²) in [5.41, 5.74) is 0.705. The molecule has 184 valence electrons. The molecule has 0 aliphatic carbocycles. The molecule has 1 aliphatic heterocycles. The van der Waals surface area contributed by atoms with E-state index >= 15 is 4.39 Å². The van der Waals surface area contributed by atoms with Gasteiger partial charge in [-0.1, -0.05) is 34.6 Å². The quantitative estimate of drug-likeness (QED) is 0.515.